The van der Waals surface area contributed by atoms with E-state index in [1.54, 1.807) is 4.90 Å². The van der Waals surface area contributed by atoms with Gasteiger partial charge in [-0.05, 0) is 37.1 Å². The van der Waals surface area contributed by atoms with Crippen molar-refractivity contribution in [1.82, 2.24) is 4.90 Å². The van der Waals surface area contributed by atoms with Crippen molar-refractivity contribution < 1.29 is 22.3 Å². The van der Waals surface area contributed by atoms with E-state index in [1.807, 2.05) is 27.7 Å². The lowest BCUT2D eigenvalue weighted by molar-refractivity contribution is -0.134. The van der Waals surface area contributed by atoms with Crippen LogP contribution < -0.4 is 10.5 Å². The summed E-state index contributed by atoms with van der Waals surface area (Å²) in [6.45, 7) is 8.36. The van der Waals surface area contributed by atoms with Gasteiger partial charge in [-0.1, -0.05) is 20.8 Å². The van der Waals surface area contributed by atoms with Crippen molar-refractivity contribution in [3.63, 3.8) is 0 Å². The van der Waals surface area contributed by atoms with E-state index in [4.69, 9.17) is 10.5 Å². The molecule has 0 aliphatic carbocycles. The van der Waals surface area contributed by atoms with Crippen LogP contribution in [0.25, 0.3) is 0 Å². The van der Waals surface area contributed by atoms with Crippen LogP contribution in [0.3, 0.4) is 0 Å². The van der Waals surface area contributed by atoms with E-state index in [9.17, 15) is 17.6 Å². The lowest BCUT2D eigenvalue weighted by Crippen LogP contribution is -2.38. The van der Waals surface area contributed by atoms with Crippen molar-refractivity contribution in [1.29, 1.82) is 0 Å². The molecule has 1 amide bonds. The number of ether oxygens (including phenoxy) is 1. The van der Waals surface area contributed by atoms with Crippen molar-refractivity contribution in [3.8, 4) is 5.75 Å². The highest BCUT2D eigenvalue weighted by atomic mass is 32.2. The summed E-state index contributed by atoms with van der Waals surface area (Å²) in [7, 11) is -3.50. The Kier molecular flexibility index (Phi) is 9.61. The van der Waals surface area contributed by atoms with Crippen molar-refractivity contribution in [2.45, 2.75) is 32.6 Å². The quantitative estimate of drug-likeness (QED) is 0.601. The Bertz CT molecular complexity index is 761. The first-order valence-electron chi connectivity index (χ1n) is 9.37. The molecule has 0 fully saturated rings. The Labute approximate surface area is 167 Å². The first-order valence-corrected chi connectivity index (χ1v) is 11.0. The topological polar surface area (TPSA) is 89.7 Å². The van der Waals surface area contributed by atoms with Crippen LogP contribution in [0.5, 0.6) is 5.75 Å². The van der Waals surface area contributed by atoms with Crippen molar-refractivity contribution >= 4 is 15.7 Å². The zero-order valence-electron chi connectivity index (χ0n) is 17.0. The Morgan fingerprint density at radius 1 is 1.25 bits per heavy atom. The number of sulfone groups is 1. The smallest absolute Gasteiger partial charge is 0.225 e. The van der Waals surface area contributed by atoms with Gasteiger partial charge in [-0.25, -0.2) is 12.8 Å². The summed E-state index contributed by atoms with van der Waals surface area (Å²) >= 11 is 0. The van der Waals surface area contributed by atoms with Crippen LogP contribution >= 0.6 is 0 Å². The molecule has 1 atom stereocenters. The molecule has 1 unspecified atom stereocenters. The highest BCUT2D eigenvalue weighted by molar-refractivity contribution is 7.91. The molecule has 0 spiro atoms. The predicted octanol–water partition coefficient (Wildman–Crippen LogP) is 2.79. The van der Waals surface area contributed by atoms with E-state index >= 15 is 0 Å². The molecule has 0 bridgehead atoms. The van der Waals surface area contributed by atoms with Gasteiger partial charge in [-0.15, -0.1) is 0 Å². The second-order valence-electron chi connectivity index (χ2n) is 7.15. The first-order chi connectivity index (χ1) is 13.1. The van der Waals surface area contributed by atoms with Crippen LogP contribution in [0.4, 0.5) is 4.39 Å². The van der Waals surface area contributed by atoms with E-state index in [1.165, 1.54) is 24.3 Å². The molecule has 28 heavy (non-hydrogen) atoms. The van der Waals surface area contributed by atoms with Gasteiger partial charge in [0.2, 0.25) is 5.91 Å². The van der Waals surface area contributed by atoms with Crippen LogP contribution in [0.2, 0.25) is 0 Å². The fourth-order valence-corrected chi connectivity index (χ4v) is 4.29. The molecule has 0 heterocycles. The summed E-state index contributed by atoms with van der Waals surface area (Å²) in [5, 5.41) is 0. The maximum Gasteiger partial charge on any atom is 0.225 e. The van der Waals surface area contributed by atoms with Gasteiger partial charge in [0, 0.05) is 31.1 Å². The first kappa shape index (κ1) is 24.1. The van der Waals surface area contributed by atoms with Gasteiger partial charge in [0.25, 0.3) is 0 Å². The Balaban J connectivity index is 2.74. The van der Waals surface area contributed by atoms with Crippen molar-refractivity contribution in [2.24, 2.45) is 17.6 Å². The number of nitrogens with two attached hydrogens (primary N) is 1. The van der Waals surface area contributed by atoms with Crippen LogP contribution in [0.15, 0.2) is 41.1 Å². The molecule has 1 aromatic carbocycles. The SMILES string of the molecule is CCN(CC(C)CS(=O)(=O)c1ccc(OCC(=CF)CN)cc1)C(=O)C(C)C. The molecule has 0 aliphatic rings. The number of benzene rings is 1. The molecule has 0 saturated carbocycles. The van der Waals surface area contributed by atoms with Gasteiger partial charge in [0.05, 0.1) is 17.0 Å². The molecule has 2 N–H and O–H groups in total. The second kappa shape index (κ2) is 11.2. The third kappa shape index (κ3) is 7.24. The summed E-state index contributed by atoms with van der Waals surface area (Å²) < 4.78 is 43.2. The van der Waals surface area contributed by atoms with Gasteiger partial charge in [0.1, 0.15) is 12.4 Å². The fraction of sp³-hybridized carbons (Fsp3) is 0.550. The van der Waals surface area contributed by atoms with E-state index < -0.39 is 9.84 Å². The van der Waals surface area contributed by atoms with Crippen LogP contribution in [0.1, 0.15) is 27.7 Å². The van der Waals surface area contributed by atoms with Gasteiger partial charge < -0.3 is 15.4 Å². The summed E-state index contributed by atoms with van der Waals surface area (Å²) in [6, 6.07) is 6.00. The summed E-state index contributed by atoms with van der Waals surface area (Å²) in [4.78, 5) is 14.0. The van der Waals surface area contributed by atoms with Crippen molar-refractivity contribution in [3.05, 3.63) is 36.2 Å². The zero-order valence-corrected chi connectivity index (χ0v) is 17.8. The summed E-state index contributed by atoms with van der Waals surface area (Å²) in [5.74, 6) is 0.0670. The standard InChI is InChI=1S/C20H31FN2O4S/c1-5-23(20(24)15(2)3)12-16(4)14-28(25,26)19-8-6-18(7-9-19)27-13-17(10-21)11-22/h6-10,15-16H,5,11-14,22H2,1-4H3. The molecule has 6 nitrogen and oxygen atoms in total. The molecule has 0 aromatic heterocycles. The number of nitrogens with zero attached hydrogens (tertiary/aromatic N) is 1. The predicted molar refractivity (Wildman–Crippen MR) is 108 cm³/mol. The summed E-state index contributed by atoms with van der Waals surface area (Å²) in [5.41, 5.74) is 5.67. The maximum absolute atomic E-state index is 12.7. The Morgan fingerprint density at radius 2 is 1.86 bits per heavy atom. The lowest BCUT2D eigenvalue weighted by Gasteiger charge is -2.26. The summed E-state index contributed by atoms with van der Waals surface area (Å²) in [6.07, 6.45) is 0.407. The minimum absolute atomic E-state index is 0.00681. The van der Waals surface area contributed by atoms with E-state index in [-0.39, 0.29) is 41.5 Å². The number of hydrogen-bond donors (Lipinski definition) is 1. The fourth-order valence-electron chi connectivity index (χ4n) is 2.69. The number of carbonyl (C=O) groups is 1. The number of halogens is 1. The molecule has 1 aromatic rings. The highest BCUT2D eigenvalue weighted by Crippen LogP contribution is 2.20. The minimum Gasteiger partial charge on any atom is -0.489 e. The van der Waals surface area contributed by atoms with Gasteiger partial charge in [-0.3, -0.25) is 4.79 Å². The van der Waals surface area contributed by atoms with Gasteiger partial charge in [0.15, 0.2) is 9.84 Å². The van der Waals surface area contributed by atoms with E-state index in [0.29, 0.717) is 30.7 Å². The average Bonchev–Trinajstić information content (AvgIpc) is 2.66. The molecule has 0 radical (unpaired) electrons. The average molecular weight is 415 g/mol. The number of amides is 1. The van der Waals surface area contributed by atoms with E-state index in [0.717, 1.165) is 0 Å². The molecule has 0 aliphatic heterocycles. The van der Waals surface area contributed by atoms with Gasteiger partial charge in [-0.2, -0.15) is 0 Å². The third-order valence-corrected chi connectivity index (χ3v) is 6.25. The molecule has 1 rings (SSSR count). The molecule has 158 valence electrons. The largest absolute Gasteiger partial charge is 0.489 e. The maximum atomic E-state index is 12.7. The van der Waals surface area contributed by atoms with E-state index in [2.05, 4.69) is 0 Å². The third-order valence-electron chi connectivity index (χ3n) is 4.25. The minimum atomic E-state index is -3.50. The molecule has 0 saturated heterocycles. The van der Waals surface area contributed by atoms with Crippen LogP contribution in [-0.2, 0) is 14.6 Å². The second-order valence-corrected chi connectivity index (χ2v) is 9.18. The molecule has 8 heteroatoms. The van der Waals surface area contributed by atoms with Crippen LogP contribution in [0, 0.1) is 11.8 Å². The molecular formula is C20H31FN2O4S. The van der Waals surface area contributed by atoms with Crippen molar-refractivity contribution in [2.75, 3.05) is 32.0 Å². The Morgan fingerprint density at radius 3 is 2.32 bits per heavy atom. The van der Waals surface area contributed by atoms with Gasteiger partial charge >= 0.3 is 0 Å². The number of carbonyl (C=O) groups excluding carboxylic acids is 1. The molecular weight excluding hydrogens is 383 g/mol. The lowest BCUT2D eigenvalue weighted by atomic mass is 10.1. The number of rotatable bonds is 11. The monoisotopic (exact) mass is 414 g/mol. The van der Waals surface area contributed by atoms with Crippen LogP contribution in [-0.4, -0.2) is 51.2 Å². The number of hydrogen-bond acceptors (Lipinski definition) is 5. The normalized spacial score (nSPS) is 13.5. The highest BCUT2D eigenvalue weighted by Gasteiger charge is 2.23. The Hall–Kier alpha value is -1.93. The zero-order chi connectivity index (χ0) is 21.3.